The van der Waals surface area contributed by atoms with Gasteiger partial charge >= 0.3 is 5.69 Å². The van der Waals surface area contributed by atoms with Gasteiger partial charge in [-0.2, -0.15) is 0 Å². The van der Waals surface area contributed by atoms with Gasteiger partial charge in [0.1, 0.15) is 12.2 Å². The maximum atomic E-state index is 13.6. The molecule has 2 rings (SSSR count). The molecule has 98 valence electrons. The molecule has 0 aliphatic heterocycles. The number of rotatable bonds is 4. The van der Waals surface area contributed by atoms with Crippen LogP contribution in [-0.2, 0) is 4.74 Å². The predicted octanol–water partition coefficient (Wildman–Crippen LogP) is 2.66. The molecule has 0 N–H and O–H groups in total. The average molecular weight is 320 g/mol. The van der Waals surface area contributed by atoms with E-state index in [-0.39, 0.29) is 28.5 Å². The first-order valence-corrected chi connectivity index (χ1v) is 6.22. The first-order chi connectivity index (χ1) is 8.54. The lowest BCUT2D eigenvalue weighted by Crippen LogP contribution is -2.52. The van der Waals surface area contributed by atoms with Crippen molar-refractivity contribution in [3.8, 4) is 5.75 Å². The van der Waals surface area contributed by atoms with Crippen LogP contribution in [-0.4, -0.2) is 29.1 Å². The highest BCUT2D eigenvalue weighted by Crippen LogP contribution is 2.37. The Labute approximate surface area is 111 Å². The topological polar surface area (TPSA) is 61.6 Å². The predicted molar refractivity (Wildman–Crippen MR) is 65.6 cm³/mol. The van der Waals surface area contributed by atoms with E-state index in [1.54, 1.807) is 0 Å². The Bertz CT molecular complexity index is 470. The summed E-state index contributed by atoms with van der Waals surface area (Å²) in [6.45, 7) is 0. The number of benzene rings is 1. The van der Waals surface area contributed by atoms with E-state index in [2.05, 4.69) is 15.9 Å². The molecule has 0 bridgehead atoms. The SMILES string of the molecule is COC1C(Br)CC1Oc1c(F)cccc1[N+](=O)[O-]. The van der Waals surface area contributed by atoms with E-state index in [0.29, 0.717) is 6.42 Å². The Balaban J connectivity index is 2.21. The summed E-state index contributed by atoms with van der Waals surface area (Å²) < 4.78 is 24.1. The van der Waals surface area contributed by atoms with Gasteiger partial charge in [0.25, 0.3) is 0 Å². The highest BCUT2D eigenvalue weighted by molar-refractivity contribution is 9.09. The van der Waals surface area contributed by atoms with E-state index in [9.17, 15) is 14.5 Å². The van der Waals surface area contributed by atoms with Crippen LogP contribution in [0.3, 0.4) is 0 Å². The van der Waals surface area contributed by atoms with Gasteiger partial charge < -0.3 is 9.47 Å². The third-order valence-electron chi connectivity index (χ3n) is 2.86. The molecule has 0 radical (unpaired) electrons. The van der Waals surface area contributed by atoms with Crippen molar-refractivity contribution in [3.05, 3.63) is 34.1 Å². The van der Waals surface area contributed by atoms with Gasteiger partial charge in [0, 0.05) is 24.4 Å². The number of halogens is 2. The number of nitro benzene ring substituents is 1. The number of nitrogens with zero attached hydrogens (tertiary/aromatic N) is 1. The molecule has 3 unspecified atom stereocenters. The summed E-state index contributed by atoms with van der Waals surface area (Å²) in [5, 5.41) is 10.8. The smallest absolute Gasteiger partial charge is 0.314 e. The fourth-order valence-electron chi connectivity index (χ4n) is 1.85. The minimum absolute atomic E-state index is 0.123. The molecule has 3 atom stereocenters. The number of hydrogen-bond acceptors (Lipinski definition) is 4. The van der Waals surface area contributed by atoms with Gasteiger partial charge in [-0.05, 0) is 6.07 Å². The minimum Gasteiger partial charge on any atom is -0.479 e. The van der Waals surface area contributed by atoms with Crippen LogP contribution in [0.2, 0.25) is 0 Å². The molecule has 0 amide bonds. The number of para-hydroxylation sites is 1. The van der Waals surface area contributed by atoms with Crippen LogP contribution >= 0.6 is 15.9 Å². The molecule has 1 aromatic rings. The second kappa shape index (κ2) is 5.19. The first kappa shape index (κ1) is 13.2. The van der Waals surface area contributed by atoms with Gasteiger partial charge in [0.05, 0.1) is 4.92 Å². The zero-order valence-corrected chi connectivity index (χ0v) is 11.1. The maximum absolute atomic E-state index is 13.6. The van der Waals surface area contributed by atoms with Crippen LogP contribution in [0.4, 0.5) is 10.1 Å². The molecule has 7 heteroatoms. The second-order valence-corrected chi connectivity index (χ2v) is 5.13. The highest BCUT2D eigenvalue weighted by atomic mass is 79.9. The van der Waals surface area contributed by atoms with Crippen LogP contribution in [0.25, 0.3) is 0 Å². The number of methoxy groups -OCH3 is 1. The number of ether oxygens (including phenoxy) is 2. The Morgan fingerprint density at radius 3 is 2.83 bits per heavy atom. The van der Waals surface area contributed by atoms with Crippen molar-refractivity contribution < 1.29 is 18.8 Å². The monoisotopic (exact) mass is 319 g/mol. The van der Waals surface area contributed by atoms with Crippen molar-refractivity contribution in [1.82, 2.24) is 0 Å². The lowest BCUT2D eigenvalue weighted by molar-refractivity contribution is -0.386. The van der Waals surface area contributed by atoms with Gasteiger partial charge in [-0.15, -0.1) is 0 Å². The van der Waals surface area contributed by atoms with Crippen molar-refractivity contribution in [1.29, 1.82) is 0 Å². The van der Waals surface area contributed by atoms with Gasteiger partial charge in [0.15, 0.2) is 5.82 Å². The van der Waals surface area contributed by atoms with Crippen molar-refractivity contribution in [2.24, 2.45) is 0 Å². The van der Waals surface area contributed by atoms with Crippen LogP contribution in [0.15, 0.2) is 18.2 Å². The van der Waals surface area contributed by atoms with Crippen molar-refractivity contribution in [3.63, 3.8) is 0 Å². The molecule has 1 aromatic carbocycles. The Hall–Kier alpha value is -1.21. The van der Waals surface area contributed by atoms with Crippen molar-refractivity contribution >= 4 is 21.6 Å². The molecule has 18 heavy (non-hydrogen) atoms. The first-order valence-electron chi connectivity index (χ1n) is 5.31. The largest absolute Gasteiger partial charge is 0.479 e. The Morgan fingerprint density at radius 1 is 1.56 bits per heavy atom. The van der Waals surface area contributed by atoms with Gasteiger partial charge in [-0.25, -0.2) is 4.39 Å². The zero-order chi connectivity index (χ0) is 13.3. The molecular formula is C11H11BrFNO4. The van der Waals surface area contributed by atoms with Crippen LogP contribution < -0.4 is 4.74 Å². The summed E-state index contributed by atoms with van der Waals surface area (Å²) in [5.74, 6) is -1.06. The summed E-state index contributed by atoms with van der Waals surface area (Å²) in [6.07, 6.45) is 0.00321. The maximum Gasteiger partial charge on any atom is 0.314 e. The lowest BCUT2D eigenvalue weighted by Gasteiger charge is -2.39. The molecule has 0 heterocycles. The number of hydrogen-bond donors (Lipinski definition) is 0. The van der Waals surface area contributed by atoms with Crippen LogP contribution in [0.5, 0.6) is 5.75 Å². The van der Waals surface area contributed by atoms with E-state index in [1.807, 2.05) is 0 Å². The molecule has 0 aromatic heterocycles. The van der Waals surface area contributed by atoms with Gasteiger partial charge in [-0.3, -0.25) is 10.1 Å². The lowest BCUT2D eigenvalue weighted by atomic mass is 9.91. The Morgan fingerprint density at radius 2 is 2.28 bits per heavy atom. The van der Waals surface area contributed by atoms with Crippen molar-refractivity contribution in [2.75, 3.05) is 7.11 Å². The van der Waals surface area contributed by atoms with Crippen LogP contribution in [0.1, 0.15) is 6.42 Å². The van der Waals surface area contributed by atoms with E-state index in [4.69, 9.17) is 9.47 Å². The third kappa shape index (κ3) is 2.32. The molecule has 0 saturated heterocycles. The molecule has 1 fully saturated rings. The average Bonchev–Trinajstić information content (AvgIpc) is 2.30. The van der Waals surface area contributed by atoms with Crippen LogP contribution in [0, 0.1) is 15.9 Å². The normalized spacial score (nSPS) is 26.5. The molecule has 1 saturated carbocycles. The fourth-order valence-corrected chi connectivity index (χ4v) is 2.78. The summed E-state index contributed by atoms with van der Waals surface area (Å²) in [4.78, 5) is 10.3. The standard InChI is InChI=1S/C11H11BrFNO4/c1-17-10-6(12)5-9(10)18-11-7(13)3-2-4-8(11)14(15)16/h2-4,6,9-10H,5H2,1H3. The summed E-state index contributed by atoms with van der Waals surface area (Å²) >= 11 is 3.37. The second-order valence-electron chi connectivity index (χ2n) is 3.95. The quantitative estimate of drug-likeness (QED) is 0.486. The minimum atomic E-state index is -0.739. The number of alkyl halides is 1. The molecule has 1 aliphatic rings. The molecule has 0 spiro atoms. The van der Waals surface area contributed by atoms with E-state index >= 15 is 0 Å². The van der Waals surface area contributed by atoms with E-state index in [1.165, 1.54) is 19.2 Å². The fraction of sp³-hybridized carbons (Fsp3) is 0.455. The molecule has 5 nitrogen and oxygen atoms in total. The molecule has 1 aliphatic carbocycles. The summed E-state index contributed by atoms with van der Waals surface area (Å²) in [5.41, 5.74) is -0.372. The van der Waals surface area contributed by atoms with Gasteiger partial charge in [0.2, 0.25) is 5.75 Å². The summed E-state index contributed by atoms with van der Waals surface area (Å²) in [6, 6.07) is 3.63. The highest BCUT2D eigenvalue weighted by Gasteiger charge is 2.43. The molecular weight excluding hydrogens is 309 g/mol. The van der Waals surface area contributed by atoms with E-state index in [0.717, 1.165) is 6.07 Å². The van der Waals surface area contributed by atoms with E-state index < -0.39 is 10.7 Å². The summed E-state index contributed by atoms with van der Waals surface area (Å²) in [7, 11) is 1.52. The Kier molecular flexibility index (Phi) is 3.82. The third-order valence-corrected chi connectivity index (χ3v) is 3.76. The van der Waals surface area contributed by atoms with Gasteiger partial charge in [-0.1, -0.05) is 22.0 Å². The number of nitro groups is 1. The zero-order valence-electron chi connectivity index (χ0n) is 9.51. The van der Waals surface area contributed by atoms with Crippen molar-refractivity contribution in [2.45, 2.75) is 23.5 Å².